The average Bonchev–Trinajstić information content (AvgIpc) is 3.03. The summed E-state index contributed by atoms with van der Waals surface area (Å²) in [6.45, 7) is 3.94. The van der Waals surface area contributed by atoms with Crippen molar-refractivity contribution >= 4 is 37.5 Å². The first kappa shape index (κ1) is 21.9. The fourth-order valence-electron chi connectivity index (χ4n) is 3.50. The molecule has 1 amide bonds. The zero-order valence-electron chi connectivity index (χ0n) is 17.0. The summed E-state index contributed by atoms with van der Waals surface area (Å²) in [5.41, 5.74) is 0.936. The van der Waals surface area contributed by atoms with E-state index in [1.807, 2.05) is 29.7 Å². The van der Waals surface area contributed by atoms with Crippen molar-refractivity contribution < 1.29 is 22.7 Å². The molecule has 0 bridgehead atoms. The van der Waals surface area contributed by atoms with Gasteiger partial charge in [-0.1, -0.05) is 17.8 Å². The molecule has 8 nitrogen and oxygen atoms in total. The van der Waals surface area contributed by atoms with E-state index >= 15 is 0 Å². The van der Waals surface area contributed by atoms with Gasteiger partial charge in [0.1, 0.15) is 11.8 Å². The number of hydrogen-bond donors (Lipinski definition) is 0. The predicted molar refractivity (Wildman–Crippen MR) is 113 cm³/mol. The number of aromatic nitrogens is 1. The Morgan fingerprint density at radius 1 is 1.34 bits per heavy atom. The number of hydrogen-bond acceptors (Lipinski definition) is 6. The molecule has 1 atom stereocenters. The summed E-state index contributed by atoms with van der Waals surface area (Å²) in [7, 11) is -1.85. The molecular weight excluding hydrogens is 414 g/mol. The summed E-state index contributed by atoms with van der Waals surface area (Å²) < 4.78 is 39.2. The largest absolute Gasteiger partial charge is 0.497 e. The van der Waals surface area contributed by atoms with Gasteiger partial charge < -0.3 is 14.0 Å². The normalized spacial score (nSPS) is 19.0. The molecule has 1 aromatic heterocycles. The van der Waals surface area contributed by atoms with E-state index in [-0.39, 0.29) is 0 Å². The SMILES string of the molecule is CCOCCn1c(=NC(=O)C2CCCCN2S(C)(=O)=O)sc2cc(OC)ccc21. The van der Waals surface area contributed by atoms with E-state index in [1.54, 1.807) is 7.11 Å². The molecule has 0 radical (unpaired) electrons. The first-order chi connectivity index (χ1) is 13.8. The van der Waals surface area contributed by atoms with E-state index in [4.69, 9.17) is 9.47 Å². The van der Waals surface area contributed by atoms with Crippen LogP contribution < -0.4 is 9.54 Å². The van der Waals surface area contributed by atoms with Crippen LogP contribution in [-0.4, -0.2) is 62.4 Å². The summed E-state index contributed by atoms with van der Waals surface area (Å²) in [4.78, 5) is 17.9. The van der Waals surface area contributed by atoms with Crippen molar-refractivity contribution in [3.63, 3.8) is 0 Å². The highest BCUT2D eigenvalue weighted by molar-refractivity contribution is 7.88. The van der Waals surface area contributed by atoms with Gasteiger partial charge in [0.15, 0.2) is 4.80 Å². The van der Waals surface area contributed by atoms with Crippen LogP contribution in [0.15, 0.2) is 23.2 Å². The molecular formula is C19H27N3O5S2. The van der Waals surface area contributed by atoms with Gasteiger partial charge in [0, 0.05) is 19.7 Å². The van der Waals surface area contributed by atoms with E-state index in [0.717, 1.165) is 35.1 Å². The highest BCUT2D eigenvalue weighted by atomic mass is 32.2. The van der Waals surface area contributed by atoms with Crippen molar-refractivity contribution in [1.82, 2.24) is 8.87 Å². The Morgan fingerprint density at radius 3 is 2.83 bits per heavy atom. The van der Waals surface area contributed by atoms with Crippen LogP contribution in [0.3, 0.4) is 0 Å². The summed E-state index contributed by atoms with van der Waals surface area (Å²) in [5, 5.41) is 0. The van der Waals surface area contributed by atoms with Gasteiger partial charge in [0.05, 0.1) is 30.2 Å². The van der Waals surface area contributed by atoms with Gasteiger partial charge in [0.25, 0.3) is 5.91 Å². The average molecular weight is 442 g/mol. The maximum absolute atomic E-state index is 13.0. The van der Waals surface area contributed by atoms with Crippen LogP contribution in [-0.2, 0) is 26.1 Å². The molecule has 160 valence electrons. The van der Waals surface area contributed by atoms with Gasteiger partial charge in [-0.05, 0) is 38.0 Å². The molecule has 1 unspecified atom stereocenters. The molecule has 2 heterocycles. The molecule has 0 saturated carbocycles. The third kappa shape index (κ3) is 5.06. The molecule has 0 N–H and O–H groups in total. The highest BCUT2D eigenvalue weighted by Crippen LogP contribution is 2.24. The molecule has 29 heavy (non-hydrogen) atoms. The van der Waals surface area contributed by atoms with Crippen LogP contribution in [0, 0.1) is 0 Å². The number of carbonyl (C=O) groups is 1. The third-order valence-electron chi connectivity index (χ3n) is 4.92. The van der Waals surface area contributed by atoms with E-state index in [1.165, 1.54) is 15.6 Å². The Balaban J connectivity index is 2.02. The molecule has 0 spiro atoms. The van der Waals surface area contributed by atoms with Crippen LogP contribution in [0.25, 0.3) is 10.2 Å². The molecule has 0 aliphatic carbocycles. The second kappa shape index (κ2) is 9.38. The number of nitrogens with zero attached hydrogens (tertiary/aromatic N) is 3. The molecule has 1 saturated heterocycles. The maximum atomic E-state index is 13.0. The molecule has 3 rings (SSSR count). The zero-order valence-corrected chi connectivity index (χ0v) is 18.6. The minimum atomic E-state index is -3.46. The number of sulfonamides is 1. The number of methoxy groups -OCH3 is 1. The van der Waals surface area contributed by atoms with E-state index in [0.29, 0.717) is 37.5 Å². The Bertz CT molecular complexity index is 1040. The van der Waals surface area contributed by atoms with Crippen LogP contribution >= 0.6 is 11.3 Å². The molecule has 2 aromatic rings. The van der Waals surface area contributed by atoms with E-state index < -0.39 is 22.0 Å². The second-order valence-electron chi connectivity index (χ2n) is 6.90. The van der Waals surface area contributed by atoms with Gasteiger partial charge in [0.2, 0.25) is 10.0 Å². The number of piperidine rings is 1. The third-order valence-corrected chi connectivity index (χ3v) is 7.25. The van der Waals surface area contributed by atoms with Gasteiger partial charge in [-0.15, -0.1) is 0 Å². The number of carbonyl (C=O) groups excluding carboxylic acids is 1. The van der Waals surface area contributed by atoms with Crippen LogP contribution in [0.1, 0.15) is 26.2 Å². The minimum absolute atomic E-state index is 0.360. The van der Waals surface area contributed by atoms with E-state index in [9.17, 15) is 13.2 Å². The molecule has 1 aliphatic heterocycles. The number of ether oxygens (including phenoxy) is 2. The van der Waals surface area contributed by atoms with Crippen molar-refractivity contribution in [3.8, 4) is 5.75 Å². The Labute approximate surface area is 174 Å². The monoisotopic (exact) mass is 441 g/mol. The number of fused-ring (bicyclic) bond motifs is 1. The number of benzene rings is 1. The fourth-order valence-corrected chi connectivity index (χ4v) is 5.71. The Kier molecular flexibility index (Phi) is 7.10. The van der Waals surface area contributed by atoms with Crippen molar-refractivity contribution in [2.45, 2.75) is 38.8 Å². The van der Waals surface area contributed by atoms with Crippen molar-refractivity contribution in [2.24, 2.45) is 4.99 Å². The highest BCUT2D eigenvalue weighted by Gasteiger charge is 2.34. The van der Waals surface area contributed by atoms with Crippen molar-refractivity contribution in [1.29, 1.82) is 0 Å². The van der Waals surface area contributed by atoms with E-state index in [2.05, 4.69) is 4.99 Å². The lowest BCUT2D eigenvalue weighted by molar-refractivity contribution is -0.122. The smallest absolute Gasteiger partial charge is 0.266 e. The van der Waals surface area contributed by atoms with Gasteiger partial charge in [-0.2, -0.15) is 9.30 Å². The first-order valence-electron chi connectivity index (χ1n) is 9.65. The van der Waals surface area contributed by atoms with Gasteiger partial charge >= 0.3 is 0 Å². The first-order valence-corrected chi connectivity index (χ1v) is 12.3. The second-order valence-corrected chi connectivity index (χ2v) is 9.85. The zero-order chi connectivity index (χ0) is 21.0. The summed E-state index contributed by atoms with van der Waals surface area (Å²) in [6.07, 6.45) is 3.21. The van der Waals surface area contributed by atoms with Gasteiger partial charge in [-0.3, -0.25) is 4.79 Å². The molecule has 10 heteroatoms. The molecule has 1 aromatic carbocycles. The summed E-state index contributed by atoms with van der Waals surface area (Å²) >= 11 is 1.38. The summed E-state index contributed by atoms with van der Waals surface area (Å²) in [6, 6.07) is 4.97. The number of amides is 1. The lowest BCUT2D eigenvalue weighted by atomic mass is 10.0. The standard InChI is InChI=1S/C19H27N3O5S2/c1-4-27-12-11-21-15-9-8-14(26-2)13-17(15)28-19(21)20-18(23)16-7-5-6-10-22(16)29(3,24)25/h8-9,13,16H,4-7,10-12H2,1-3H3. The van der Waals surface area contributed by atoms with Crippen LogP contribution in [0.2, 0.25) is 0 Å². The molecule has 1 fully saturated rings. The lowest BCUT2D eigenvalue weighted by Crippen LogP contribution is -2.47. The van der Waals surface area contributed by atoms with Crippen molar-refractivity contribution in [2.75, 3.05) is 33.1 Å². The quantitative estimate of drug-likeness (QED) is 0.613. The molecule has 1 aliphatic rings. The fraction of sp³-hybridized carbons (Fsp3) is 0.579. The Hall–Kier alpha value is -1.75. The van der Waals surface area contributed by atoms with Crippen LogP contribution in [0.5, 0.6) is 5.75 Å². The predicted octanol–water partition coefficient (Wildman–Crippen LogP) is 1.99. The lowest BCUT2D eigenvalue weighted by Gasteiger charge is -2.31. The number of rotatable bonds is 7. The van der Waals surface area contributed by atoms with Crippen LogP contribution in [0.4, 0.5) is 0 Å². The topological polar surface area (TPSA) is 90.2 Å². The maximum Gasteiger partial charge on any atom is 0.266 e. The summed E-state index contributed by atoms with van der Waals surface area (Å²) in [5.74, 6) is 0.308. The Morgan fingerprint density at radius 2 is 2.14 bits per heavy atom. The van der Waals surface area contributed by atoms with Crippen molar-refractivity contribution in [3.05, 3.63) is 23.0 Å². The van der Waals surface area contributed by atoms with Gasteiger partial charge in [-0.25, -0.2) is 8.42 Å². The minimum Gasteiger partial charge on any atom is -0.497 e. The number of thiazole rings is 1.